The quantitative estimate of drug-likeness (QED) is 0.0671. The van der Waals surface area contributed by atoms with E-state index in [1.165, 1.54) is 36.4 Å². The molecule has 8 rings (SSSR count). The van der Waals surface area contributed by atoms with Crippen LogP contribution in [0, 0.1) is 19.8 Å². The minimum Gasteiger partial charge on any atom is -0.491 e. The highest BCUT2D eigenvalue weighted by Crippen LogP contribution is 2.33. The van der Waals surface area contributed by atoms with Gasteiger partial charge in [-0.2, -0.15) is 10.2 Å². The highest BCUT2D eigenvalue weighted by molar-refractivity contribution is 7.89. The Labute approximate surface area is 394 Å². The fourth-order valence-electron chi connectivity index (χ4n) is 8.26. The van der Waals surface area contributed by atoms with Crippen LogP contribution in [-0.2, 0) is 50.6 Å². The number of aromatic nitrogens is 8. The standard InChI is InChI=1S/C45H50N14O9S/c1-5-58-34(19-26(3)52-58)42(64)50-44-48-31-23-30(69(47,66)67)9-10-33(31)55(44)15-7-8-16-57-40-32(49-45(57)51-43(65)35-20-27(4)53-59(35)6-2)21-29(41(46)63)22-36(40)68-18-14-28-24-54(25-28)37(60)13-17-56-38(61)11-12-39(56)62/h7-12,19-23,28H,5-6,13-18,24-25H2,1-4H3,(H2,46,63)(H2,47,66,67)(H,48,50,64)(H,49,51,65)/b8-7+. The predicted octanol–water partition coefficient (Wildman–Crippen LogP) is 2.49. The number of imidazole rings is 2. The molecule has 0 radical (unpaired) electrons. The van der Waals surface area contributed by atoms with Gasteiger partial charge in [0.05, 0.1) is 39.4 Å². The van der Waals surface area contributed by atoms with E-state index >= 15 is 0 Å². The van der Waals surface area contributed by atoms with Gasteiger partial charge in [0.2, 0.25) is 33.7 Å². The summed E-state index contributed by atoms with van der Waals surface area (Å²) < 4.78 is 37.4. The number of primary amides is 1. The van der Waals surface area contributed by atoms with Gasteiger partial charge in [-0.15, -0.1) is 0 Å². The molecule has 6 heterocycles. The summed E-state index contributed by atoms with van der Waals surface area (Å²) in [7, 11) is -4.08. The molecule has 69 heavy (non-hydrogen) atoms. The van der Waals surface area contributed by atoms with E-state index in [4.69, 9.17) is 20.6 Å². The van der Waals surface area contributed by atoms with Crippen LogP contribution >= 0.6 is 0 Å². The second-order valence-electron chi connectivity index (χ2n) is 16.6. The van der Waals surface area contributed by atoms with E-state index in [0.29, 0.717) is 71.9 Å². The van der Waals surface area contributed by atoms with Crippen molar-refractivity contribution < 1.29 is 41.9 Å². The Kier molecular flexibility index (Phi) is 13.3. The minimum absolute atomic E-state index is 0.00373. The smallest absolute Gasteiger partial charge is 0.276 e. The first kappa shape index (κ1) is 47.5. The van der Waals surface area contributed by atoms with Crippen molar-refractivity contribution in [1.82, 2.24) is 48.5 Å². The predicted molar refractivity (Wildman–Crippen MR) is 250 cm³/mol. The second-order valence-corrected chi connectivity index (χ2v) is 18.1. The molecule has 0 bridgehead atoms. The molecule has 2 aliphatic rings. The Morgan fingerprint density at radius 3 is 1.97 bits per heavy atom. The number of imide groups is 1. The SMILES string of the molecule is CCn1nc(C)cc1C(=O)Nc1nc2cc(S(N)(=O)=O)ccc2n1C/C=C/Cn1c(NC(=O)c2cc(C)nn2CC)nc2cc(C(N)=O)cc(OCCC3CN(C(=O)CCN4C(=O)C=CC4=O)C3)c21. The monoisotopic (exact) mass is 962 g/mol. The summed E-state index contributed by atoms with van der Waals surface area (Å²) in [5.74, 6) is -2.16. The summed E-state index contributed by atoms with van der Waals surface area (Å²) in [5, 5.41) is 20.0. The molecule has 0 atom stereocenters. The average molecular weight is 963 g/mol. The molecule has 0 saturated carbocycles. The number of allylic oxidation sites excluding steroid dienone is 2. The lowest BCUT2D eigenvalue weighted by Gasteiger charge is -2.39. The molecule has 2 aliphatic heterocycles. The molecule has 23 nitrogen and oxygen atoms in total. The number of amides is 6. The van der Waals surface area contributed by atoms with Crippen molar-refractivity contribution >= 4 is 79.4 Å². The van der Waals surface area contributed by atoms with Crippen LogP contribution < -0.4 is 26.2 Å². The number of fused-ring (bicyclic) bond motifs is 2. The van der Waals surface area contributed by atoms with Crippen LogP contribution in [0.1, 0.15) is 69.4 Å². The number of ether oxygens (including phenoxy) is 1. The summed E-state index contributed by atoms with van der Waals surface area (Å²) in [5.41, 5.74) is 9.26. The molecular weight excluding hydrogens is 913 g/mol. The Morgan fingerprint density at radius 1 is 0.812 bits per heavy atom. The van der Waals surface area contributed by atoms with Gasteiger partial charge in [0.15, 0.2) is 0 Å². The number of hydrogen-bond acceptors (Lipinski definition) is 13. The van der Waals surface area contributed by atoms with E-state index < -0.39 is 39.6 Å². The fourth-order valence-corrected chi connectivity index (χ4v) is 8.79. The van der Waals surface area contributed by atoms with Crippen molar-refractivity contribution in [3.05, 3.63) is 95.1 Å². The van der Waals surface area contributed by atoms with Gasteiger partial charge in [-0.05, 0) is 82.5 Å². The van der Waals surface area contributed by atoms with Gasteiger partial charge in [0, 0.05) is 69.9 Å². The van der Waals surface area contributed by atoms with Crippen molar-refractivity contribution in [2.24, 2.45) is 16.8 Å². The van der Waals surface area contributed by atoms with Crippen molar-refractivity contribution in [2.75, 3.05) is 36.9 Å². The first-order valence-electron chi connectivity index (χ1n) is 22.1. The van der Waals surface area contributed by atoms with Crippen LogP contribution in [0.15, 0.2) is 71.7 Å². The Bertz CT molecular complexity index is 3230. The van der Waals surface area contributed by atoms with Gasteiger partial charge in [-0.1, -0.05) is 12.2 Å². The van der Waals surface area contributed by atoms with Crippen LogP contribution in [0.25, 0.3) is 22.1 Å². The molecule has 6 amide bonds. The highest BCUT2D eigenvalue weighted by atomic mass is 32.2. The van der Waals surface area contributed by atoms with E-state index in [0.717, 1.165) is 4.90 Å². The zero-order valence-electron chi connectivity index (χ0n) is 38.2. The number of likely N-dealkylation sites (tertiary alicyclic amines) is 1. The summed E-state index contributed by atoms with van der Waals surface area (Å²) in [6.07, 6.45) is 6.49. The first-order valence-corrected chi connectivity index (χ1v) is 23.6. The number of carbonyl (C=O) groups is 6. The summed E-state index contributed by atoms with van der Waals surface area (Å²) >= 11 is 0. The third-order valence-electron chi connectivity index (χ3n) is 11.7. The molecular formula is C45H50N14O9S. The highest BCUT2D eigenvalue weighted by Gasteiger charge is 2.32. The zero-order chi connectivity index (χ0) is 49.3. The molecule has 0 aliphatic carbocycles. The molecule has 0 unspecified atom stereocenters. The minimum atomic E-state index is -4.08. The molecule has 6 aromatic rings. The van der Waals surface area contributed by atoms with E-state index in [2.05, 4.69) is 25.8 Å². The van der Waals surface area contributed by atoms with E-state index in [1.54, 1.807) is 67.6 Å². The first-order chi connectivity index (χ1) is 32.9. The topological polar surface area (TPSA) is 300 Å². The van der Waals surface area contributed by atoms with E-state index in [-0.39, 0.29) is 78.1 Å². The van der Waals surface area contributed by atoms with Crippen LogP contribution in [-0.4, -0.2) is 119 Å². The van der Waals surface area contributed by atoms with E-state index in [1.807, 2.05) is 13.8 Å². The van der Waals surface area contributed by atoms with Crippen LogP contribution in [0.4, 0.5) is 11.9 Å². The summed E-state index contributed by atoms with van der Waals surface area (Å²) in [6.45, 7) is 9.44. The Morgan fingerprint density at radius 2 is 1.39 bits per heavy atom. The molecule has 0 spiro atoms. The second kappa shape index (κ2) is 19.3. The lowest BCUT2D eigenvalue weighted by molar-refractivity contribution is -0.140. The van der Waals surface area contributed by atoms with Crippen LogP contribution in [0.3, 0.4) is 0 Å². The Hall–Kier alpha value is -7.99. The number of aryl methyl sites for hydroxylation is 4. The average Bonchev–Trinajstić information content (AvgIpc) is 4.11. The van der Waals surface area contributed by atoms with Gasteiger partial charge < -0.3 is 24.5 Å². The largest absolute Gasteiger partial charge is 0.491 e. The lowest BCUT2D eigenvalue weighted by atomic mass is 9.96. The fraction of sp³-hybridized carbons (Fsp3) is 0.333. The number of primary sulfonamides is 1. The molecule has 6 N–H and O–H groups in total. The van der Waals surface area contributed by atoms with Gasteiger partial charge in [0.1, 0.15) is 22.7 Å². The molecule has 24 heteroatoms. The van der Waals surface area contributed by atoms with Gasteiger partial charge >= 0.3 is 0 Å². The number of benzene rings is 2. The number of rotatable bonds is 19. The number of anilines is 2. The number of nitrogens with two attached hydrogens (primary N) is 2. The maximum atomic E-state index is 13.9. The zero-order valence-corrected chi connectivity index (χ0v) is 39.0. The maximum absolute atomic E-state index is 13.9. The number of nitrogens with one attached hydrogen (secondary N) is 2. The molecule has 2 aromatic carbocycles. The van der Waals surface area contributed by atoms with Crippen molar-refractivity contribution in [1.29, 1.82) is 0 Å². The van der Waals surface area contributed by atoms with Gasteiger partial charge in [0.25, 0.3) is 23.6 Å². The molecule has 4 aromatic heterocycles. The van der Waals surface area contributed by atoms with Gasteiger partial charge in [-0.25, -0.2) is 23.5 Å². The van der Waals surface area contributed by atoms with Crippen molar-refractivity contribution in [3.8, 4) is 5.75 Å². The third-order valence-corrected chi connectivity index (χ3v) is 12.7. The molecule has 360 valence electrons. The number of sulfonamides is 1. The molecule has 1 saturated heterocycles. The lowest BCUT2D eigenvalue weighted by Crippen LogP contribution is -2.51. The normalized spacial score (nSPS) is 14.2. The van der Waals surface area contributed by atoms with Crippen LogP contribution in [0.5, 0.6) is 5.75 Å². The van der Waals surface area contributed by atoms with Crippen molar-refractivity contribution in [3.63, 3.8) is 0 Å². The summed E-state index contributed by atoms with van der Waals surface area (Å²) in [4.78, 5) is 88.5. The Balaban J connectivity index is 1.06. The number of nitrogens with zero attached hydrogens (tertiary/aromatic N) is 10. The summed E-state index contributed by atoms with van der Waals surface area (Å²) in [6, 6.07) is 10.5. The van der Waals surface area contributed by atoms with Gasteiger partial charge in [-0.3, -0.25) is 53.7 Å². The van der Waals surface area contributed by atoms with Crippen molar-refractivity contribution in [2.45, 2.75) is 71.6 Å². The molecule has 1 fully saturated rings. The number of hydrogen-bond donors (Lipinski definition) is 4. The third kappa shape index (κ3) is 10.0. The number of carbonyl (C=O) groups excluding carboxylic acids is 6. The maximum Gasteiger partial charge on any atom is 0.276 e. The van der Waals surface area contributed by atoms with Crippen LogP contribution in [0.2, 0.25) is 0 Å². The van der Waals surface area contributed by atoms with E-state index in [9.17, 15) is 37.2 Å².